The van der Waals surface area contributed by atoms with Gasteiger partial charge >= 0.3 is 0 Å². The zero-order valence-electron chi connectivity index (χ0n) is 19.3. The fourth-order valence-electron chi connectivity index (χ4n) is 3.92. The van der Waals surface area contributed by atoms with Crippen molar-refractivity contribution in [2.45, 2.75) is 6.54 Å². The van der Waals surface area contributed by atoms with E-state index in [1.165, 1.54) is 0 Å². The van der Waals surface area contributed by atoms with Crippen molar-refractivity contribution < 1.29 is 22.7 Å². The minimum Gasteiger partial charge on any atom is -0.497 e. The average Bonchev–Trinajstić information content (AvgIpc) is 3.44. The van der Waals surface area contributed by atoms with Gasteiger partial charge in [-0.25, -0.2) is 13.3 Å². The van der Waals surface area contributed by atoms with E-state index in [1.54, 1.807) is 13.2 Å². The molecule has 5 rings (SSSR count). The second-order valence-corrected chi connectivity index (χ2v) is 10.6. The molecule has 0 saturated heterocycles. The molecule has 3 aromatic rings. The van der Waals surface area contributed by atoms with Gasteiger partial charge in [-0.1, -0.05) is 24.3 Å². The van der Waals surface area contributed by atoms with E-state index >= 15 is 0 Å². The Hall–Kier alpha value is -3.90. The summed E-state index contributed by atoms with van der Waals surface area (Å²) in [4.78, 5) is 17.8. The molecule has 3 heterocycles. The van der Waals surface area contributed by atoms with Crippen molar-refractivity contribution in [1.29, 1.82) is 5.41 Å². The highest BCUT2D eigenvalue weighted by atomic mass is 32.2. The highest BCUT2D eigenvalue weighted by molar-refractivity contribution is 8.16. The number of hydrogen-bond donors (Lipinski definition) is 1. The second kappa shape index (κ2) is 9.28. The Bertz CT molecular complexity index is 1600. The van der Waals surface area contributed by atoms with E-state index in [0.717, 1.165) is 34.0 Å². The van der Waals surface area contributed by atoms with Crippen LogP contribution < -0.4 is 9.47 Å². The maximum absolute atomic E-state index is 12.8. The summed E-state index contributed by atoms with van der Waals surface area (Å²) < 4.78 is 41.3. The van der Waals surface area contributed by atoms with Gasteiger partial charge in [0.1, 0.15) is 23.9 Å². The fourth-order valence-corrected chi connectivity index (χ4v) is 5.77. The third-order valence-corrected chi connectivity index (χ3v) is 7.34. The van der Waals surface area contributed by atoms with E-state index in [2.05, 4.69) is 9.39 Å². The van der Waals surface area contributed by atoms with E-state index in [-0.39, 0.29) is 21.7 Å². The van der Waals surface area contributed by atoms with E-state index in [1.807, 2.05) is 59.3 Å². The third-order valence-electron chi connectivity index (χ3n) is 5.59. The summed E-state index contributed by atoms with van der Waals surface area (Å²) in [5.41, 5.74) is 1.60. The molecule has 36 heavy (non-hydrogen) atoms. The Kier molecular flexibility index (Phi) is 6.14. The second-order valence-electron chi connectivity index (χ2n) is 8.00. The summed E-state index contributed by atoms with van der Waals surface area (Å²) in [7, 11) is -2.12. The first-order valence-electron chi connectivity index (χ1n) is 10.8. The summed E-state index contributed by atoms with van der Waals surface area (Å²) in [6, 6.07) is 15.0. The average molecular weight is 524 g/mol. The number of fused-ring (bicyclic) bond motifs is 2. The van der Waals surface area contributed by atoms with Crippen molar-refractivity contribution in [2.75, 3.05) is 20.0 Å². The van der Waals surface area contributed by atoms with Gasteiger partial charge in [-0.3, -0.25) is 10.2 Å². The van der Waals surface area contributed by atoms with E-state index in [0.29, 0.717) is 30.2 Å². The lowest BCUT2D eigenvalue weighted by Crippen LogP contribution is -2.45. The van der Waals surface area contributed by atoms with Crippen LogP contribution in [-0.2, 0) is 21.2 Å². The van der Waals surface area contributed by atoms with Crippen LogP contribution in [0.2, 0.25) is 0 Å². The number of aromatic nitrogens is 1. The number of aliphatic imine (C=N–C) groups is 1. The Morgan fingerprint density at radius 2 is 1.92 bits per heavy atom. The number of amidine groups is 3. The highest BCUT2D eigenvalue weighted by Gasteiger charge is 2.41. The molecule has 0 saturated carbocycles. The zero-order chi connectivity index (χ0) is 25.4. The van der Waals surface area contributed by atoms with Crippen LogP contribution in [0.3, 0.4) is 0 Å². The van der Waals surface area contributed by atoms with Crippen molar-refractivity contribution in [1.82, 2.24) is 9.47 Å². The summed E-state index contributed by atoms with van der Waals surface area (Å²) >= 11 is 0.763. The molecule has 0 spiro atoms. The molecule has 10 nitrogen and oxygen atoms in total. The van der Waals surface area contributed by atoms with Crippen LogP contribution in [-0.4, -0.2) is 59.9 Å². The van der Waals surface area contributed by atoms with Crippen molar-refractivity contribution in [3.63, 3.8) is 0 Å². The van der Waals surface area contributed by atoms with Crippen molar-refractivity contribution >= 4 is 60.8 Å². The van der Waals surface area contributed by atoms with Crippen LogP contribution >= 0.6 is 11.9 Å². The number of sulfone groups is 1. The Balaban J connectivity index is 1.44. The number of para-hydroxylation sites is 1. The molecule has 0 bridgehead atoms. The van der Waals surface area contributed by atoms with E-state index in [9.17, 15) is 13.2 Å². The lowest BCUT2D eigenvalue weighted by molar-refractivity contribution is -0.114. The number of hydrogen-bond acceptors (Lipinski definition) is 8. The quantitative estimate of drug-likeness (QED) is 0.388. The third kappa shape index (κ3) is 4.40. The maximum atomic E-state index is 12.8. The molecule has 1 amide bonds. The van der Waals surface area contributed by atoms with Gasteiger partial charge < -0.3 is 14.0 Å². The normalized spacial score (nSPS) is 16.8. The molecule has 1 aromatic heterocycles. The topological polar surface area (TPSA) is 126 Å². The minimum absolute atomic E-state index is 0.0202. The van der Waals surface area contributed by atoms with Crippen molar-refractivity contribution in [3.8, 4) is 11.5 Å². The van der Waals surface area contributed by atoms with Crippen molar-refractivity contribution in [3.05, 3.63) is 65.9 Å². The number of carbonyl (C=O) groups excluding carboxylic acids is 1. The Morgan fingerprint density at radius 1 is 1.14 bits per heavy atom. The molecule has 2 aromatic carbocycles. The standard InChI is InChI=1S/C24H21N5O5S2/c1-33-16-6-5-7-17(13-16)34-11-10-28-14-15(18-8-3-4-9-20(18)28)12-19-21(25)29-23(26-22(19)30)35-27-24(29)36(2,31)32/h3-9,12-14,25H,10-11H2,1-2H3/b19-12-,25-21?. The smallest absolute Gasteiger partial charge is 0.283 e. The predicted molar refractivity (Wildman–Crippen MR) is 140 cm³/mol. The van der Waals surface area contributed by atoms with Gasteiger partial charge in [0.15, 0.2) is 0 Å². The number of rotatable bonds is 6. The monoisotopic (exact) mass is 523 g/mol. The molecule has 12 heteroatoms. The molecule has 0 aliphatic carbocycles. The number of carbonyl (C=O) groups is 1. The Labute approximate surface area is 211 Å². The lowest BCUT2D eigenvalue weighted by atomic mass is 10.1. The molecular weight excluding hydrogens is 502 g/mol. The lowest BCUT2D eigenvalue weighted by Gasteiger charge is -2.23. The van der Waals surface area contributed by atoms with Crippen LogP contribution in [0.25, 0.3) is 17.0 Å². The molecular formula is C24H21N5O5S2. The van der Waals surface area contributed by atoms with Crippen LogP contribution in [0.5, 0.6) is 11.5 Å². The van der Waals surface area contributed by atoms with Gasteiger partial charge in [-0.2, -0.15) is 9.39 Å². The van der Waals surface area contributed by atoms with Crippen LogP contribution in [0.1, 0.15) is 5.56 Å². The first-order valence-corrected chi connectivity index (χ1v) is 13.5. The van der Waals surface area contributed by atoms with Gasteiger partial charge in [0, 0.05) is 35.0 Å². The fraction of sp³-hybridized carbons (Fsp3) is 0.167. The zero-order valence-corrected chi connectivity index (χ0v) is 21.0. The van der Waals surface area contributed by atoms with Crippen LogP contribution in [0, 0.1) is 5.41 Å². The number of benzene rings is 2. The molecule has 0 radical (unpaired) electrons. The largest absolute Gasteiger partial charge is 0.497 e. The summed E-state index contributed by atoms with van der Waals surface area (Å²) in [5.74, 6) is 0.493. The molecule has 1 N–H and O–H groups in total. The maximum Gasteiger partial charge on any atom is 0.283 e. The van der Waals surface area contributed by atoms with Gasteiger partial charge in [0.05, 0.1) is 31.2 Å². The Morgan fingerprint density at radius 3 is 2.69 bits per heavy atom. The molecule has 184 valence electrons. The number of nitrogens with zero attached hydrogens (tertiary/aromatic N) is 4. The molecule has 0 fully saturated rings. The summed E-state index contributed by atoms with van der Waals surface area (Å²) in [6.45, 7) is 0.922. The summed E-state index contributed by atoms with van der Waals surface area (Å²) in [6.07, 6.45) is 4.44. The molecule has 2 aliphatic rings. The molecule has 0 atom stereocenters. The van der Waals surface area contributed by atoms with Gasteiger partial charge in [0.25, 0.3) is 5.91 Å². The van der Waals surface area contributed by atoms with Gasteiger partial charge in [-0.05, 0) is 24.3 Å². The van der Waals surface area contributed by atoms with Crippen molar-refractivity contribution in [2.24, 2.45) is 9.39 Å². The van der Waals surface area contributed by atoms with Gasteiger partial charge in [0.2, 0.25) is 20.2 Å². The number of nitrogens with one attached hydrogen (secondary N) is 1. The first-order chi connectivity index (χ1) is 17.3. The van der Waals surface area contributed by atoms with E-state index < -0.39 is 15.7 Å². The van der Waals surface area contributed by atoms with Gasteiger partial charge in [-0.15, -0.1) is 0 Å². The number of methoxy groups -OCH3 is 1. The molecule has 2 aliphatic heterocycles. The minimum atomic E-state index is -3.72. The highest BCUT2D eigenvalue weighted by Crippen LogP contribution is 2.31. The van der Waals surface area contributed by atoms with Crippen LogP contribution in [0.15, 0.2) is 69.7 Å². The summed E-state index contributed by atoms with van der Waals surface area (Å²) in [5, 5.41) is 9.19. The SMILES string of the molecule is COc1cccc(OCCn2cc(/C=C3/C(=N)N4C(=NC3=O)SN=C4S(C)(=O)=O)c3ccccc32)c1. The van der Waals surface area contributed by atoms with Crippen LogP contribution in [0.4, 0.5) is 0 Å². The first kappa shape index (κ1) is 23.8. The molecule has 0 unspecified atom stereocenters. The van der Waals surface area contributed by atoms with E-state index in [4.69, 9.17) is 14.9 Å². The number of ether oxygens (including phenoxy) is 2. The predicted octanol–water partition coefficient (Wildman–Crippen LogP) is 3.35. The number of amides is 1.